The van der Waals surface area contributed by atoms with E-state index in [1.54, 1.807) is 22.3 Å². The van der Waals surface area contributed by atoms with Gasteiger partial charge in [0.15, 0.2) is 0 Å². The SMILES string of the molecule is CC(C)(C)C1=CCC(C(C)(C)C)=[C]1[Hf][C]1=C(C(C)(C)C)CC=C1C(C)(C)C. The first-order valence-corrected chi connectivity index (χ1v) is 14.2. The normalized spacial score (nSPS) is 19.7. The van der Waals surface area contributed by atoms with E-state index >= 15 is 0 Å². The molecule has 150 valence electrons. The second kappa shape index (κ2) is 7.26. The van der Waals surface area contributed by atoms with Crippen LogP contribution in [-0.4, -0.2) is 0 Å². The van der Waals surface area contributed by atoms with Gasteiger partial charge in [-0.3, -0.25) is 0 Å². The summed E-state index contributed by atoms with van der Waals surface area (Å²) in [5.74, 6) is 0. The zero-order valence-electron chi connectivity index (χ0n) is 20.1. The van der Waals surface area contributed by atoms with E-state index in [0.29, 0.717) is 0 Å². The van der Waals surface area contributed by atoms with Crippen LogP contribution in [0.2, 0.25) is 0 Å². The third-order valence-corrected chi connectivity index (χ3v) is 11.7. The summed E-state index contributed by atoms with van der Waals surface area (Å²) in [6.45, 7) is 28.9. The molecule has 0 aliphatic heterocycles. The fourth-order valence-corrected chi connectivity index (χ4v) is 14.1. The second-order valence-electron chi connectivity index (χ2n) is 12.5. The molecule has 0 amide bonds. The van der Waals surface area contributed by atoms with Crippen molar-refractivity contribution in [1.82, 2.24) is 0 Å². The Morgan fingerprint density at radius 3 is 1.04 bits per heavy atom. The number of allylic oxidation sites excluding steroid dienone is 8. The van der Waals surface area contributed by atoms with E-state index in [-0.39, 0.29) is 21.7 Å². The van der Waals surface area contributed by atoms with Crippen molar-refractivity contribution < 1.29 is 22.9 Å². The molecular weight excluding hydrogens is 491 g/mol. The molecule has 0 aromatic rings. The van der Waals surface area contributed by atoms with Crippen molar-refractivity contribution in [3.8, 4) is 0 Å². The topological polar surface area (TPSA) is 0 Å². The van der Waals surface area contributed by atoms with E-state index in [1.165, 1.54) is 12.8 Å². The fourth-order valence-electron chi connectivity index (χ4n) is 4.28. The molecule has 0 unspecified atom stereocenters. The Labute approximate surface area is 181 Å². The number of hydrogen-bond acceptors (Lipinski definition) is 0. The fraction of sp³-hybridized carbons (Fsp3) is 0.692. The van der Waals surface area contributed by atoms with Crippen molar-refractivity contribution >= 4 is 0 Å². The molecule has 2 aliphatic carbocycles. The van der Waals surface area contributed by atoms with Crippen LogP contribution in [0.4, 0.5) is 0 Å². The molecule has 0 saturated heterocycles. The van der Waals surface area contributed by atoms with E-state index in [2.05, 4.69) is 95.2 Å². The molecule has 1 heteroatoms. The average molecular weight is 533 g/mol. The Morgan fingerprint density at radius 2 is 0.815 bits per heavy atom. The summed E-state index contributed by atoms with van der Waals surface area (Å²) < 4.78 is 3.65. The van der Waals surface area contributed by atoms with E-state index in [4.69, 9.17) is 0 Å². The molecule has 0 saturated carbocycles. The molecular formula is C26H42Hf. The van der Waals surface area contributed by atoms with Crippen molar-refractivity contribution in [2.24, 2.45) is 21.7 Å². The van der Waals surface area contributed by atoms with Crippen molar-refractivity contribution in [2.75, 3.05) is 0 Å². The predicted molar refractivity (Wildman–Crippen MR) is 117 cm³/mol. The predicted octanol–water partition coefficient (Wildman–Crippen LogP) is 8.42. The zero-order valence-corrected chi connectivity index (χ0v) is 23.7. The molecule has 0 spiro atoms. The Morgan fingerprint density at radius 1 is 0.519 bits per heavy atom. The third kappa shape index (κ3) is 5.06. The van der Waals surface area contributed by atoms with Gasteiger partial charge in [0.05, 0.1) is 0 Å². The minimum absolute atomic E-state index is 0.252. The first-order chi connectivity index (χ1) is 11.9. The standard InChI is InChI=1S/2C13H21.Hf/c2*1-12(2,3)10-7-8-11(9-10)13(4,5)6;/h2*7H,8H2,1-6H3;. The van der Waals surface area contributed by atoms with Gasteiger partial charge < -0.3 is 0 Å². The molecule has 0 nitrogen and oxygen atoms in total. The molecule has 0 heterocycles. The van der Waals surface area contributed by atoms with Crippen LogP contribution in [0.1, 0.15) is 95.9 Å². The van der Waals surface area contributed by atoms with Crippen molar-refractivity contribution in [1.29, 1.82) is 0 Å². The molecule has 27 heavy (non-hydrogen) atoms. The molecule has 0 bridgehead atoms. The third-order valence-electron chi connectivity index (χ3n) is 5.84. The monoisotopic (exact) mass is 534 g/mol. The molecule has 2 rings (SSSR count). The summed E-state index contributed by atoms with van der Waals surface area (Å²) in [6.07, 6.45) is 7.47. The molecule has 0 aromatic carbocycles. The zero-order chi connectivity index (χ0) is 21.0. The summed E-state index contributed by atoms with van der Waals surface area (Å²) >= 11 is -1.17. The number of rotatable bonds is 2. The van der Waals surface area contributed by atoms with E-state index < -0.39 is 22.9 Å². The second-order valence-corrected chi connectivity index (χ2v) is 17.0. The van der Waals surface area contributed by atoms with Gasteiger partial charge in [-0.25, -0.2) is 0 Å². The molecule has 0 N–H and O–H groups in total. The van der Waals surface area contributed by atoms with Gasteiger partial charge in [0.2, 0.25) is 0 Å². The van der Waals surface area contributed by atoms with Crippen molar-refractivity contribution in [3.63, 3.8) is 0 Å². The van der Waals surface area contributed by atoms with Crippen LogP contribution in [0.5, 0.6) is 0 Å². The summed E-state index contributed by atoms with van der Waals surface area (Å²) in [5, 5.41) is 0. The van der Waals surface area contributed by atoms with E-state index in [1.807, 2.05) is 6.66 Å². The van der Waals surface area contributed by atoms with Gasteiger partial charge in [0.25, 0.3) is 0 Å². The maximum atomic E-state index is 2.57. The van der Waals surface area contributed by atoms with Crippen LogP contribution >= 0.6 is 0 Å². The Kier molecular flexibility index (Phi) is 6.22. The molecule has 2 aliphatic rings. The molecule has 0 radical (unpaired) electrons. The van der Waals surface area contributed by atoms with Gasteiger partial charge in [0, 0.05) is 0 Å². The van der Waals surface area contributed by atoms with E-state index in [9.17, 15) is 0 Å². The summed E-state index contributed by atoms with van der Waals surface area (Å²) in [6, 6.07) is 0. The van der Waals surface area contributed by atoms with Gasteiger partial charge in [0.1, 0.15) is 0 Å². The van der Waals surface area contributed by atoms with Crippen LogP contribution in [0.15, 0.2) is 41.1 Å². The van der Waals surface area contributed by atoms with Gasteiger partial charge in [-0.05, 0) is 0 Å². The van der Waals surface area contributed by atoms with E-state index in [0.717, 1.165) is 0 Å². The molecule has 0 atom stereocenters. The Hall–Kier alpha value is -0.170. The maximum absolute atomic E-state index is 2.57. The minimum atomic E-state index is -1.17. The van der Waals surface area contributed by atoms with Gasteiger partial charge in [-0.2, -0.15) is 0 Å². The van der Waals surface area contributed by atoms with Gasteiger partial charge >= 0.3 is 182 Å². The Balaban J connectivity index is 2.63. The summed E-state index contributed by atoms with van der Waals surface area (Å²) in [4.78, 5) is 0. The van der Waals surface area contributed by atoms with Gasteiger partial charge in [-0.15, -0.1) is 0 Å². The van der Waals surface area contributed by atoms with Crippen LogP contribution in [0.3, 0.4) is 0 Å². The first-order valence-electron chi connectivity index (χ1n) is 10.6. The molecule has 0 aromatic heterocycles. The Bertz CT molecular complexity index is 659. The average Bonchev–Trinajstić information content (AvgIpc) is 2.99. The van der Waals surface area contributed by atoms with Crippen LogP contribution in [0.25, 0.3) is 0 Å². The summed E-state index contributed by atoms with van der Waals surface area (Å²) in [7, 11) is 0. The molecule has 0 fully saturated rings. The van der Waals surface area contributed by atoms with Crippen molar-refractivity contribution in [3.05, 3.63) is 41.1 Å². The quantitative estimate of drug-likeness (QED) is 0.313. The van der Waals surface area contributed by atoms with Crippen LogP contribution in [0, 0.1) is 21.7 Å². The van der Waals surface area contributed by atoms with Gasteiger partial charge in [-0.1, -0.05) is 0 Å². The summed E-state index contributed by atoms with van der Waals surface area (Å²) in [5.41, 5.74) is 7.85. The van der Waals surface area contributed by atoms with Crippen LogP contribution < -0.4 is 0 Å². The van der Waals surface area contributed by atoms with Crippen LogP contribution in [-0.2, 0) is 22.9 Å². The number of hydrogen-bond donors (Lipinski definition) is 0. The first kappa shape index (κ1) is 23.1. The van der Waals surface area contributed by atoms with Crippen molar-refractivity contribution in [2.45, 2.75) is 95.9 Å².